The highest BCUT2D eigenvalue weighted by Crippen LogP contribution is 2.47. The largest absolute Gasteiger partial charge is 0.459 e. The number of carbonyl (C=O) groups is 2. The molecule has 1 unspecified atom stereocenters. The van der Waals surface area contributed by atoms with Crippen LogP contribution in [-0.2, 0) is 9.59 Å². The topological polar surface area (TPSA) is 83.6 Å². The van der Waals surface area contributed by atoms with Gasteiger partial charge in [0, 0.05) is 10.9 Å². The highest BCUT2D eigenvalue weighted by Gasteiger charge is 2.51. The molecule has 2 aliphatic rings. The zero-order chi connectivity index (χ0) is 22.2. The van der Waals surface area contributed by atoms with Gasteiger partial charge in [0.05, 0.1) is 11.7 Å². The van der Waals surface area contributed by atoms with E-state index in [0.717, 1.165) is 25.7 Å². The first-order valence-corrected chi connectivity index (χ1v) is 11.0. The van der Waals surface area contributed by atoms with E-state index in [9.17, 15) is 9.59 Å². The minimum absolute atomic E-state index is 0. The van der Waals surface area contributed by atoms with Crippen molar-refractivity contribution in [3.05, 3.63) is 41.4 Å². The highest BCUT2D eigenvalue weighted by atomic mass is 35.5. The molecule has 1 aliphatic carbocycles. The van der Waals surface area contributed by atoms with E-state index in [1.807, 2.05) is 19.1 Å². The van der Waals surface area contributed by atoms with Gasteiger partial charge in [0.15, 0.2) is 5.60 Å². The molecular weight excluding hydrogens is 451 g/mol. The first-order chi connectivity index (χ1) is 14.8. The van der Waals surface area contributed by atoms with Gasteiger partial charge in [0.25, 0.3) is 5.91 Å². The van der Waals surface area contributed by atoms with Crippen molar-refractivity contribution < 1.29 is 14.3 Å². The second kappa shape index (κ2) is 9.65. The molecule has 32 heavy (non-hydrogen) atoms. The standard InChI is InChI=1S/C23H27ClN4O3.ClH/c1-14(25-3)20(29)26-19-12-11-18-21(27-19)31-23(2,15-7-4-5-8-15)22(30)28(18)17-10-6-9-16(24)13-17;/h6,9-15,25H,4-5,7-8H2,1-3H3,(H,26,27,29);1H/t14?,23-;/m0./s1. The monoisotopic (exact) mass is 478 g/mol. The van der Waals surface area contributed by atoms with Crippen LogP contribution >= 0.6 is 24.0 Å². The van der Waals surface area contributed by atoms with Crippen molar-refractivity contribution >= 4 is 53.0 Å². The molecule has 4 rings (SSSR count). The number of hydrogen-bond acceptors (Lipinski definition) is 5. The summed E-state index contributed by atoms with van der Waals surface area (Å²) in [6.07, 6.45) is 4.01. The first kappa shape index (κ1) is 24.3. The number of nitrogens with zero attached hydrogens (tertiary/aromatic N) is 2. The van der Waals surface area contributed by atoms with Crippen molar-refractivity contribution in [3.8, 4) is 5.88 Å². The minimum Gasteiger partial charge on any atom is -0.459 e. The smallest absolute Gasteiger partial charge is 0.275 e. The summed E-state index contributed by atoms with van der Waals surface area (Å²) < 4.78 is 6.30. The van der Waals surface area contributed by atoms with Gasteiger partial charge in [0.1, 0.15) is 11.5 Å². The van der Waals surface area contributed by atoms with E-state index < -0.39 is 5.60 Å². The van der Waals surface area contributed by atoms with E-state index in [0.29, 0.717) is 28.1 Å². The van der Waals surface area contributed by atoms with E-state index in [2.05, 4.69) is 15.6 Å². The van der Waals surface area contributed by atoms with Gasteiger partial charge in [-0.15, -0.1) is 12.4 Å². The van der Waals surface area contributed by atoms with Crippen LogP contribution in [0.4, 0.5) is 17.2 Å². The van der Waals surface area contributed by atoms with Crippen molar-refractivity contribution in [1.82, 2.24) is 10.3 Å². The molecule has 2 amide bonds. The maximum atomic E-state index is 13.8. The zero-order valence-corrected chi connectivity index (χ0v) is 19.9. The van der Waals surface area contributed by atoms with Crippen LogP contribution < -0.4 is 20.3 Å². The molecule has 2 atom stereocenters. The number of ether oxygens (including phenoxy) is 1. The Morgan fingerprint density at radius 1 is 1.28 bits per heavy atom. The molecule has 7 nitrogen and oxygen atoms in total. The summed E-state index contributed by atoms with van der Waals surface area (Å²) in [7, 11) is 1.72. The molecule has 9 heteroatoms. The molecule has 0 spiro atoms. The second-order valence-corrected chi connectivity index (χ2v) is 8.77. The van der Waals surface area contributed by atoms with Crippen LogP contribution in [0.15, 0.2) is 36.4 Å². The average Bonchev–Trinajstić information content (AvgIpc) is 3.30. The number of aromatic nitrogens is 1. The fraction of sp³-hybridized carbons (Fsp3) is 0.435. The lowest BCUT2D eigenvalue weighted by molar-refractivity contribution is -0.138. The third kappa shape index (κ3) is 4.42. The van der Waals surface area contributed by atoms with Crippen LogP contribution in [-0.4, -0.2) is 35.5 Å². The Hall–Kier alpha value is -2.35. The average molecular weight is 479 g/mol. The molecule has 1 saturated carbocycles. The predicted octanol–water partition coefficient (Wildman–Crippen LogP) is 4.71. The number of anilines is 3. The number of pyridine rings is 1. The van der Waals surface area contributed by atoms with Gasteiger partial charge in [-0.2, -0.15) is 4.98 Å². The number of benzene rings is 1. The summed E-state index contributed by atoms with van der Waals surface area (Å²) >= 11 is 6.22. The van der Waals surface area contributed by atoms with Gasteiger partial charge < -0.3 is 15.4 Å². The van der Waals surface area contributed by atoms with Crippen molar-refractivity contribution in [1.29, 1.82) is 0 Å². The van der Waals surface area contributed by atoms with Gasteiger partial charge in [-0.1, -0.05) is 30.5 Å². The number of hydrogen-bond donors (Lipinski definition) is 2. The Bertz CT molecular complexity index is 1010. The van der Waals surface area contributed by atoms with Gasteiger partial charge in [0.2, 0.25) is 11.8 Å². The Labute approximate surface area is 199 Å². The normalized spacial score (nSPS) is 21.4. The summed E-state index contributed by atoms with van der Waals surface area (Å²) in [6, 6.07) is 10.2. The van der Waals surface area contributed by atoms with Crippen LogP contribution in [0.3, 0.4) is 0 Å². The molecule has 2 N–H and O–H groups in total. The number of carbonyl (C=O) groups excluding carboxylic acids is 2. The number of rotatable bonds is 5. The van der Waals surface area contributed by atoms with Crippen molar-refractivity contribution in [2.45, 2.75) is 51.2 Å². The van der Waals surface area contributed by atoms with Crippen LogP contribution in [0, 0.1) is 5.92 Å². The maximum Gasteiger partial charge on any atom is 0.275 e. The van der Waals surface area contributed by atoms with Crippen molar-refractivity contribution in [3.63, 3.8) is 0 Å². The summed E-state index contributed by atoms with van der Waals surface area (Å²) in [6.45, 7) is 3.61. The van der Waals surface area contributed by atoms with Crippen LogP contribution in [0.5, 0.6) is 5.88 Å². The van der Waals surface area contributed by atoms with Gasteiger partial charge in [-0.3, -0.25) is 14.5 Å². The third-order valence-corrected chi connectivity index (χ3v) is 6.53. The van der Waals surface area contributed by atoms with Gasteiger partial charge in [-0.25, -0.2) is 0 Å². The van der Waals surface area contributed by atoms with Crippen LogP contribution in [0.25, 0.3) is 0 Å². The molecule has 1 aliphatic heterocycles. The third-order valence-electron chi connectivity index (χ3n) is 6.30. The minimum atomic E-state index is -1.04. The number of amides is 2. The van der Waals surface area contributed by atoms with Crippen LogP contribution in [0.1, 0.15) is 39.5 Å². The number of likely N-dealkylation sites (N-methyl/N-ethyl adjacent to an activating group) is 1. The zero-order valence-electron chi connectivity index (χ0n) is 18.4. The molecule has 1 aromatic heterocycles. The van der Waals surface area contributed by atoms with E-state index in [1.54, 1.807) is 43.1 Å². The molecular formula is C23H28Cl2N4O3. The Kier molecular flexibility index (Phi) is 7.32. The number of fused-ring (bicyclic) bond motifs is 1. The Balaban J connectivity index is 0.00000289. The molecule has 0 bridgehead atoms. The summed E-state index contributed by atoms with van der Waals surface area (Å²) in [4.78, 5) is 32.2. The lowest BCUT2D eigenvalue weighted by atomic mass is 9.85. The first-order valence-electron chi connectivity index (χ1n) is 10.6. The SMILES string of the molecule is CNC(C)C(=O)Nc1ccc2c(n1)O[C@@](C)(C1CCCC1)C(=O)N2c1cccc(Cl)c1.Cl. The molecule has 2 heterocycles. The van der Waals surface area contributed by atoms with Gasteiger partial charge in [-0.05, 0) is 64.1 Å². The number of nitrogens with one attached hydrogen (secondary N) is 2. The molecule has 2 aromatic rings. The number of halogens is 2. The van der Waals surface area contributed by atoms with Gasteiger partial charge >= 0.3 is 0 Å². The fourth-order valence-electron chi connectivity index (χ4n) is 4.30. The summed E-state index contributed by atoms with van der Waals surface area (Å²) in [5, 5.41) is 6.24. The Morgan fingerprint density at radius 3 is 2.66 bits per heavy atom. The highest BCUT2D eigenvalue weighted by molar-refractivity contribution is 6.31. The van der Waals surface area contributed by atoms with Crippen molar-refractivity contribution in [2.24, 2.45) is 5.92 Å². The molecule has 0 radical (unpaired) electrons. The molecule has 172 valence electrons. The van der Waals surface area contributed by atoms with E-state index in [-0.39, 0.29) is 36.2 Å². The second-order valence-electron chi connectivity index (χ2n) is 8.33. The predicted molar refractivity (Wildman–Crippen MR) is 128 cm³/mol. The quantitative estimate of drug-likeness (QED) is 0.649. The lowest BCUT2D eigenvalue weighted by Gasteiger charge is -2.43. The Morgan fingerprint density at radius 2 is 2.00 bits per heavy atom. The van der Waals surface area contributed by atoms with Crippen molar-refractivity contribution in [2.75, 3.05) is 17.3 Å². The summed E-state index contributed by atoms with van der Waals surface area (Å²) in [5.41, 5.74) is 0.149. The van der Waals surface area contributed by atoms with E-state index in [4.69, 9.17) is 16.3 Å². The lowest BCUT2D eigenvalue weighted by Crippen LogP contribution is -2.56. The molecule has 1 fully saturated rings. The van der Waals surface area contributed by atoms with E-state index >= 15 is 0 Å². The fourth-order valence-corrected chi connectivity index (χ4v) is 4.48. The molecule has 1 aromatic carbocycles. The molecule has 0 saturated heterocycles. The maximum absolute atomic E-state index is 13.8. The van der Waals surface area contributed by atoms with Crippen LogP contribution in [0.2, 0.25) is 5.02 Å². The van der Waals surface area contributed by atoms with E-state index in [1.165, 1.54) is 0 Å². The summed E-state index contributed by atoms with van der Waals surface area (Å²) in [5.74, 6) is 0.465.